The second kappa shape index (κ2) is 6.47. The van der Waals surface area contributed by atoms with Crippen molar-refractivity contribution in [2.45, 2.75) is 26.4 Å². The summed E-state index contributed by atoms with van der Waals surface area (Å²) in [6, 6.07) is 7.10. The smallest absolute Gasteiger partial charge is 0.413 e. The number of nitrogens with zero attached hydrogens (tertiary/aromatic N) is 3. The molecule has 0 aliphatic rings. The number of hydrogen-bond acceptors (Lipinski definition) is 5. The van der Waals surface area contributed by atoms with Gasteiger partial charge in [-0.25, -0.2) is 9.78 Å². The zero-order valence-electron chi connectivity index (χ0n) is 14.7. The van der Waals surface area contributed by atoms with Crippen LogP contribution in [0.5, 0.6) is 0 Å². The molecule has 0 saturated carbocycles. The fraction of sp³-hybridized carbons (Fsp3) is 0.222. The van der Waals surface area contributed by atoms with E-state index in [1.807, 2.05) is 6.07 Å². The maximum Gasteiger partial charge on any atom is 0.413 e. The zero-order chi connectivity index (χ0) is 18.9. The van der Waals surface area contributed by atoms with Gasteiger partial charge in [0.2, 0.25) is 0 Å². The van der Waals surface area contributed by atoms with Crippen molar-refractivity contribution in [1.82, 2.24) is 14.4 Å². The van der Waals surface area contributed by atoms with Gasteiger partial charge in [0.05, 0.1) is 6.20 Å². The molecule has 3 rings (SSSR count). The van der Waals surface area contributed by atoms with Gasteiger partial charge >= 0.3 is 6.09 Å². The predicted octanol–water partition coefficient (Wildman–Crippen LogP) is 2.84. The monoisotopic (exact) mass is 353 g/mol. The molecule has 0 fully saturated rings. The van der Waals surface area contributed by atoms with Gasteiger partial charge in [-0.3, -0.25) is 19.5 Å². The molecule has 0 aliphatic carbocycles. The van der Waals surface area contributed by atoms with Crippen LogP contribution in [0.3, 0.4) is 0 Å². The van der Waals surface area contributed by atoms with Crippen LogP contribution in [0.1, 0.15) is 31.3 Å². The number of fused-ring (bicyclic) bond motifs is 1. The Morgan fingerprint density at radius 1 is 1.23 bits per heavy atom. The summed E-state index contributed by atoms with van der Waals surface area (Å²) in [5.74, 6) is -0.355. The Labute approximate surface area is 150 Å². The molecule has 0 aliphatic heterocycles. The Kier molecular flexibility index (Phi) is 4.33. The first kappa shape index (κ1) is 17.4. The van der Waals surface area contributed by atoms with Crippen LogP contribution in [0.25, 0.3) is 16.8 Å². The highest BCUT2D eigenvalue weighted by Gasteiger charge is 2.18. The van der Waals surface area contributed by atoms with Crippen molar-refractivity contribution in [2.75, 3.05) is 5.32 Å². The minimum absolute atomic E-state index is 0.242. The van der Waals surface area contributed by atoms with E-state index in [-0.39, 0.29) is 11.5 Å². The molecule has 8 nitrogen and oxygen atoms in total. The summed E-state index contributed by atoms with van der Waals surface area (Å²) in [4.78, 5) is 32.2. The van der Waals surface area contributed by atoms with Gasteiger partial charge in [0, 0.05) is 18.0 Å². The van der Waals surface area contributed by atoms with Gasteiger partial charge in [0.25, 0.3) is 5.91 Å². The molecule has 134 valence electrons. The van der Waals surface area contributed by atoms with Crippen LogP contribution in [0.2, 0.25) is 0 Å². The number of carbonyl (C=O) groups is 2. The van der Waals surface area contributed by atoms with E-state index in [2.05, 4.69) is 15.3 Å². The van der Waals surface area contributed by atoms with E-state index in [4.69, 9.17) is 10.5 Å². The molecule has 0 atom stereocenters. The molecule has 0 saturated heterocycles. The Morgan fingerprint density at radius 3 is 2.62 bits per heavy atom. The SMILES string of the molecule is CC(C)(C)OC(=O)Nc1cn2c(C(N)=O)cc(-c3cccnc3)cc2n1. The van der Waals surface area contributed by atoms with Crippen LogP contribution in [0, 0.1) is 0 Å². The summed E-state index contributed by atoms with van der Waals surface area (Å²) in [5.41, 5.74) is 7.15. The summed E-state index contributed by atoms with van der Waals surface area (Å²) in [7, 11) is 0. The summed E-state index contributed by atoms with van der Waals surface area (Å²) < 4.78 is 6.73. The topological polar surface area (TPSA) is 112 Å². The summed E-state index contributed by atoms with van der Waals surface area (Å²) in [6.07, 6.45) is 4.23. The lowest BCUT2D eigenvalue weighted by atomic mass is 10.1. The van der Waals surface area contributed by atoms with Crippen molar-refractivity contribution in [3.63, 3.8) is 0 Å². The Balaban J connectivity index is 2.01. The van der Waals surface area contributed by atoms with E-state index in [1.54, 1.807) is 51.4 Å². The van der Waals surface area contributed by atoms with Crippen LogP contribution in [-0.4, -0.2) is 32.0 Å². The number of ether oxygens (including phenoxy) is 1. The lowest BCUT2D eigenvalue weighted by molar-refractivity contribution is 0.0635. The molecule has 0 unspecified atom stereocenters. The average molecular weight is 353 g/mol. The molecule has 0 spiro atoms. The quantitative estimate of drug-likeness (QED) is 0.752. The molecule has 3 aromatic heterocycles. The van der Waals surface area contributed by atoms with Crippen LogP contribution >= 0.6 is 0 Å². The van der Waals surface area contributed by atoms with Crippen LogP contribution in [0.4, 0.5) is 10.6 Å². The van der Waals surface area contributed by atoms with Gasteiger partial charge < -0.3 is 10.5 Å². The highest BCUT2D eigenvalue weighted by Crippen LogP contribution is 2.23. The van der Waals surface area contributed by atoms with Crippen molar-refractivity contribution >= 4 is 23.5 Å². The molecular weight excluding hydrogens is 334 g/mol. The van der Waals surface area contributed by atoms with E-state index >= 15 is 0 Å². The van der Waals surface area contributed by atoms with Gasteiger partial charge in [0.1, 0.15) is 16.9 Å². The minimum Gasteiger partial charge on any atom is -0.444 e. The second-order valence-electron chi connectivity index (χ2n) is 6.72. The van der Waals surface area contributed by atoms with Crippen molar-refractivity contribution in [3.8, 4) is 11.1 Å². The maximum atomic E-state index is 11.9. The molecule has 0 bridgehead atoms. The van der Waals surface area contributed by atoms with Crippen LogP contribution < -0.4 is 11.1 Å². The van der Waals surface area contributed by atoms with E-state index in [0.29, 0.717) is 5.65 Å². The number of rotatable bonds is 3. The van der Waals surface area contributed by atoms with Crippen molar-refractivity contribution < 1.29 is 14.3 Å². The standard InChI is InChI=1S/C18H19N5O3/c1-18(2,3)26-17(25)22-14-10-23-13(16(19)24)7-12(8-15(23)21-14)11-5-4-6-20-9-11/h4-10H,1-3H3,(H2,19,24)(H,22,25). The molecule has 3 N–H and O–H groups in total. The van der Waals surface area contributed by atoms with E-state index in [9.17, 15) is 9.59 Å². The number of nitrogens with two attached hydrogens (primary N) is 1. The lowest BCUT2D eigenvalue weighted by Crippen LogP contribution is -2.27. The number of hydrogen-bond donors (Lipinski definition) is 2. The summed E-state index contributed by atoms with van der Waals surface area (Å²) in [5, 5.41) is 2.56. The average Bonchev–Trinajstić information content (AvgIpc) is 2.94. The highest BCUT2D eigenvalue weighted by molar-refractivity contribution is 5.94. The molecular formula is C18H19N5O3. The highest BCUT2D eigenvalue weighted by atomic mass is 16.6. The number of imidazole rings is 1. The fourth-order valence-electron chi connectivity index (χ4n) is 2.45. The largest absolute Gasteiger partial charge is 0.444 e. The third-order valence-corrected chi connectivity index (χ3v) is 3.45. The predicted molar refractivity (Wildman–Crippen MR) is 96.8 cm³/mol. The third-order valence-electron chi connectivity index (χ3n) is 3.45. The van der Waals surface area contributed by atoms with Crippen molar-refractivity contribution in [3.05, 3.63) is 48.5 Å². The number of anilines is 1. The normalized spacial score (nSPS) is 11.3. The van der Waals surface area contributed by atoms with Gasteiger partial charge in [0.15, 0.2) is 5.82 Å². The zero-order valence-corrected chi connectivity index (χ0v) is 14.7. The maximum absolute atomic E-state index is 11.9. The van der Waals surface area contributed by atoms with Crippen LogP contribution in [0.15, 0.2) is 42.9 Å². The summed E-state index contributed by atoms with van der Waals surface area (Å²) >= 11 is 0. The first-order valence-corrected chi connectivity index (χ1v) is 7.96. The second-order valence-corrected chi connectivity index (χ2v) is 6.72. The van der Waals surface area contributed by atoms with E-state index < -0.39 is 17.6 Å². The van der Waals surface area contributed by atoms with Gasteiger partial charge in [-0.05, 0) is 44.5 Å². The molecule has 26 heavy (non-hydrogen) atoms. The number of carbonyl (C=O) groups excluding carboxylic acids is 2. The number of pyridine rings is 2. The van der Waals surface area contributed by atoms with E-state index in [1.165, 1.54) is 10.6 Å². The van der Waals surface area contributed by atoms with E-state index in [0.717, 1.165) is 11.1 Å². The van der Waals surface area contributed by atoms with Crippen molar-refractivity contribution in [2.24, 2.45) is 5.73 Å². The first-order chi connectivity index (χ1) is 12.2. The fourth-order valence-corrected chi connectivity index (χ4v) is 2.45. The Bertz CT molecular complexity index is 974. The molecule has 3 aromatic rings. The molecule has 2 amide bonds. The molecule has 3 heterocycles. The van der Waals surface area contributed by atoms with Gasteiger partial charge in [-0.1, -0.05) is 6.07 Å². The van der Waals surface area contributed by atoms with Gasteiger partial charge in [-0.2, -0.15) is 0 Å². The van der Waals surface area contributed by atoms with Crippen molar-refractivity contribution in [1.29, 1.82) is 0 Å². The number of primary amides is 1. The first-order valence-electron chi connectivity index (χ1n) is 7.96. The number of nitrogens with one attached hydrogen (secondary N) is 1. The van der Waals surface area contributed by atoms with Crippen LogP contribution in [-0.2, 0) is 4.74 Å². The third kappa shape index (κ3) is 3.80. The Morgan fingerprint density at radius 2 is 2.00 bits per heavy atom. The number of aromatic nitrogens is 3. The molecule has 0 aromatic carbocycles. The minimum atomic E-state index is -0.631. The van der Waals surface area contributed by atoms with Gasteiger partial charge in [-0.15, -0.1) is 0 Å². The lowest BCUT2D eigenvalue weighted by Gasteiger charge is -2.18. The Hall–Kier alpha value is -3.42. The molecule has 8 heteroatoms. The molecule has 0 radical (unpaired) electrons. The number of amides is 2. The summed E-state index contributed by atoms with van der Waals surface area (Å²) in [6.45, 7) is 5.30.